The van der Waals surface area contributed by atoms with Gasteiger partial charge in [-0.2, -0.15) is 0 Å². The zero-order valence-electron chi connectivity index (χ0n) is 12.6. The van der Waals surface area contributed by atoms with Crippen LogP contribution in [0, 0.1) is 0 Å². The number of nitrogens with zero attached hydrogens (tertiary/aromatic N) is 2. The van der Waals surface area contributed by atoms with Gasteiger partial charge in [0.1, 0.15) is 0 Å². The molecule has 0 aliphatic carbocycles. The van der Waals surface area contributed by atoms with Gasteiger partial charge in [-0.25, -0.2) is 0 Å². The van der Waals surface area contributed by atoms with E-state index in [0.29, 0.717) is 5.92 Å². The summed E-state index contributed by atoms with van der Waals surface area (Å²) in [5, 5.41) is 9.57. The maximum Gasteiger partial charge on any atom is 0.0639 e. The molecule has 1 aliphatic rings. The van der Waals surface area contributed by atoms with Crippen LogP contribution in [0.3, 0.4) is 0 Å². The van der Waals surface area contributed by atoms with Gasteiger partial charge in [0.15, 0.2) is 0 Å². The minimum atomic E-state index is -0.262. The predicted octanol–water partition coefficient (Wildman–Crippen LogP) is 2.44. The summed E-state index contributed by atoms with van der Waals surface area (Å²) in [4.78, 5) is 4.67. The highest BCUT2D eigenvalue weighted by atomic mass is 16.3. The molecule has 106 valence electrons. The Morgan fingerprint density at radius 1 is 1.21 bits per heavy atom. The second kappa shape index (κ2) is 5.93. The average Bonchev–Trinajstić information content (AvgIpc) is 2.48. The van der Waals surface area contributed by atoms with Crippen LogP contribution in [0.5, 0.6) is 0 Å². The first-order chi connectivity index (χ1) is 8.97. The Balaban J connectivity index is 2.25. The first kappa shape index (κ1) is 14.4. The van der Waals surface area contributed by atoms with E-state index in [1.807, 2.05) is 6.92 Å². The van der Waals surface area contributed by atoms with Gasteiger partial charge in [0.2, 0.25) is 0 Å². The molecule has 1 atom stereocenters. The van der Waals surface area contributed by atoms with E-state index in [1.165, 1.54) is 16.8 Å². The molecule has 0 bridgehead atoms. The SMILES string of the molecule is CC(C)c1ccc2c(c1)N(C)CCN(C[C@H](C)O)C2. The molecule has 0 unspecified atom stereocenters. The largest absolute Gasteiger partial charge is 0.392 e. The predicted molar refractivity (Wildman–Crippen MR) is 80.8 cm³/mol. The lowest BCUT2D eigenvalue weighted by Gasteiger charge is -2.21. The summed E-state index contributed by atoms with van der Waals surface area (Å²) < 4.78 is 0. The number of hydrogen-bond donors (Lipinski definition) is 1. The number of fused-ring (bicyclic) bond motifs is 1. The van der Waals surface area contributed by atoms with E-state index in [1.54, 1.807) is 0 Å². The zero-order valence-corrected chi connectivity index (χ0v) is 12.6. The standard InChI is InChI=1S/C16H26N2O/c1-12(2)14-5-6-15-11-18(10-13(3)19)8-7-17(4)16(15)9-14/h5-6,9,12-13,19H,7-8,10-11H2,1-4H3/t13-/m0/s1. The third-order valence-corrected chi connectivity index (χ3v) is 3.86. The highest BCUT2D eigenvalue weighted by Gasteiger charge is 2.19. The number of anilines is 1. The minimum Gasteiger partial charge on any atom is -0.392 e. The van der Waals surface area contributed by atoms with Crippen molar-refractivity contribution in [1.82, 2.24) is 4.90 Å². The van der Waals surface area contributed by atoms with Gasteiger partial charge in [0.25, 0.3) is 0 Å². The maximum atomic E-state index is 9.57. The third kappa shape index (κ3) is 3.48. The van der Waals surface area contributed by atoms with Gasteiger partial charge in [-0.3, -0.25) is 4.90 Å². The fourth-order valence-electron chi connectivity index (χ4n) is 2.69. The molecule has 3 heteroatoms. The van der Waals surface area contributed by atoms with Crippen LogP contribution in [0.15, 0.2) is 18.2 Å². The summed E-state index contributed by atoms with van der Waals surface area (Å²) in [6.45, 7) is 10.0. The number of benzene rings is 1. The lowest BCUT2D eigenvalue weighted by Crippen LogP contribution is -2.34. The van der Waals surface area contributed by atoms with Gasteiger partial charge < -0.3 is 10.0 Å². The molecule has 0 fully saturated rings. The fourth-order valence-corrected chi connectivity index (χ4v) is 2.69. The van der Waals surface area contributed by atoms with Crippen LogP contribution in [0.25, 0.3) is 0 Å². The summed E-state index contributed by atoms with van der Waals surface area (Å²) in [5.41, 5.74) is 4.11. The van der Waals surface area contributed by atoms with E-state index in [-0.39, 0.29) is 6.10 Å². The van der Waals surface area contributed by atoms with Crippen LogP contribution in [0.4, 0.5) is 5.69 Å². The first-order valence-corrected chi connectivity index (χ1v) is 7.21. The van der Waals surface area contributed by atoms with E-state index >= 15 is 0 Å². The van der Waals surface area contributed by atoms with Crippen molar-refractivity contribution in [3.8, 4) is 0 Å². The molecular weight excluding hydrogens is 236 g/mol. The molecule has 1 N–H and O–H groups in total. The molecule has 1 aliphatic heterocycles. The highest BCUT2D eigenvalue weighted by Crippen LogP contribution is 2.28. The number of aliphatic hydroxyl groups is 1. The topological polar surface area (TPSA) is 26.7 Å². The normalized spacial score (nSPS) is 18.3. The highest BCUT2D eigenvalue weighted by molar-refractivity contribution is 5.56. The maximum absolute atomic E-state index is 9.57. The molecule has 0 saturated heterocycles. The number of hydrogen-bond acceptors (Lipinski definition) is 3. The van der Waals surface area contributed by atoms with Crippen molar-refractivity contribution in [2.24, 2.45) is 0 Å². The van der Waals surface area contributed by atoms with Crippen LogP contribution in [-0.2, 0) is 6.54 Å². The Labute approximate surface area is 116 Å². The molecule has 1 heterocycles. The minimum absolute atomic E-state index is 0.262. The number of β-amino-alcohol motifs (C(OH)–C–C–N with tert-alkyl or cyclic N) is 1. The Morgan fingerprint density at radius 2 is 1.95 bits per heavy atom. The second-order valence-corrected chi connectivity index (χ2v) is 6.05. The lowest BCUT2D eigenvalue weighted by atomic mass is 9.99. The first-order valence-electron chi connectivity index (χ1n) is 7.21. The van der Waals surface area contributed by atoms with Crippen molar-refractivity contribution in [2.75, 3.05) is 31.6 Å². The van der Waals surface area contributed by atoms with Gasteiger partial charge in [-0.05, 0) is 30.0 Å². The third-order valence-electron chi connectivity index (χ3n) is 3.86. The number of likely N-dealkylation sites (N-methyl/N-ethyl adjacent to an activating group) is 1. The molecule has 0 amide bonds. The van der Waals surface area contributed by atoms with Gasteiger partial charge in [0.05, 0.1) is 6.10 Å². The number of aliphatic hydroxyl groups excluding tert-OH is 1. The van der Waals surface area contributed by atoms with Crippen LogP contribution in [0.2, 0.25) is 0 Å². The number of rotatable bonds is 3. The molecule has 0 saturated carbocycles. The van der Waals surface area contributed by atoms with E-state index in [2.05, 4.69) is 48.9 Å². The van der Waals surface area contributed by atoms with Gasteiger partial charge in [-0.1, -0.05) is 26.0 Å². The van der Waals surface area contributed by atoms with Crippen molar-refractivity contribution in [3.63, 3.8) is 0 Å². The summed E-state index contributed by atoms with van der Waals surface area (Å²) in [5.74, 6) is 0.565. The molecule has 19 heavy (non-hydrogen) atoms. The van der Waals surface area contributed by atoms with E-state index in [0.717, 1.165) is 26.2 Å². The zero-order chi connectivity index (χ0) is 14.0. The van der Waals surface area contributed by atoms with Crippen LogP contribution in [0.1, 0.15) is 37.8 Å². The summed E-state index contributed by atoms with van der Waals surface area (Å²) >= 11 is 0. The summed E-state index contributed by atoms with van der Waals surface area (Å²) in [7, 11) is 2.16. The Kier molecular flexibility index (Phi) is 4.48. The Morgan fingerprint density at radius 3 is 2.58 bits per heavy atom. The Hall–Kier alpha value is -1.06. The molecule has 0 aromatic heterocycles. The van der Waals surface area contributed by atoms with Crippen molar-refractivity contribution in [3.05, 3.63) is 29.3 Å². The molecular formula is C16H26N2O. The van der Waals surface area contributed by atoms with Crippen molar-refractivity contribution < 1.29 is 5.11 Å². The molecule has 0 radical (unpaired) electrons. The van der Waals surface area contributed by atoms with Crippen molar-refractivity contribution in [2.45, 2.75) is 39.3 Å². The van der Waals surface area contributed by atoms with Gasteiger partial charge >= 0.3 is 0 Å². The fraction of sp³-hybridized carbons (Fsp3) is 0.625. The lowest BCUT2D eigenvalue weighted by molar-refractivity contribution is 0.125. The Bertz CT molecular complexity index is 429. The molecule has 0 spiro atoms. The molecule has 3 nitrogen and oxygen atoms in total. The van der Waals surface area contributed by atoms with Gasteiger partial charge in [-0.15, -0.1) is 0 Å². The average molecular weight is 262 g/mol. The summed E-state index contributed by atoms with van der Waals surface area (Å²) in [6.07, 6.45) is -0.262. The van der Waals surface area contributed by atoms with E-state index < -0.39 is 0 Å². The van der Waals surface area contributed by atoms with Gasteiger partial charge in [0, 0.05) is 38.9 Å². The second-order valence-electron chi connectivity index (χ2n) is 6.05. The van der Waals surface area contributed by atoms with Crippen LogP contribution >= 0.6 is 0 Å². The summed E-state index contributed by atoms with van der Waals surface area (Å²) in [6, 6.07) is 6.82. The van der Waals surface area contributed by atoms with E-state index in [9.17, 15) is 5.11 Å². The van der Waals surface area contributed by atoms with Crippen LogP contribution in [-0.4, -0.2) is 42.8 Å². The molecule has 1 aromatic carbocycles. The van der Waals surface area contributed by atoms with Crippen molar-refractivity contribution in [1.29, 1.82) is 0 Å². The van der Waals surface area contributed by atoms with E-state index in [4.69, 9.17) is 0 Å². The molecule has 1 aromatic rings. The van der Waals surface area contributed by atoms with Crippen molar-refractivity contribution >= 4 is 5.69 Å². The smallest absolute Gasteiger partial charge is 0.0639 e. The van der Waals surface area contributed by atoms with Crippen LogP contribution < -0.4 is 4.90 Å². The monoisotopic (exact) mass is 262 g/mol. The molecule has 2 rings (SSSR count). The quantitative estimate of drug-likeness (QED) is 0.906.